The van der Waals surface area contributed by atoms with Crippen molar-refractivity contribution in [3.05, 3.63) is 94.2 Å². The van der Waals surface area contributed by atoms with Gasteiger partial charge in [-0.25, -0.2) is 4.79 Å². The van der Waals surface area contributed by atoms with E-state index in [1.807, 2.05) is 43.4 Å². The molecule has 1 unspecified atom stereocenters. The molecule has 3 aromatic rings. The number of rotatable bonds is 13. The molecule has 0 spiro atoms. The molecule has 0 amide bonds. The first kappa shape index (κ1) is 31.5. The van der Waals surface area contributed by atoms with Crippen LogP contribution in [0.15, 0.2) is 77.4 Å². The average molecular weight is 584 g/mol. The van der Waals surface area contributed by atoms with Crippen LogP contribution >= 0.6 is 15.9 Å². The number of hydrogen-bond acceptors (Lipinski definition) is 6. The van der Waals surface area contributed by atoms with E-state index in [1.165, 1.54) is 12.0 Å². The molecule has 1 aromatic heterocycles. The fourth-order valence-electron chi connectivity index (χ4n) is 3.69. The second kappa shape index (κ2) is 17.7. The summed E-state index contributed by atoms with van der Waals surface area (Å²) in [5.41, 5.74) is 4.11. The summed E-state index contributed by atoms with van der Waals surface area (Å²) >= 11 is 3.49. The van der Waals surface area contributed by atoms with E-state index in [0.717, 1.165) is 48.3 Å². The Hall–Kier alpha value is -2.74. The van der Waals surface area contributed by atoms with Crippen molar-refractivity contribution < 1.29 is 9.53 Å². The minimum absolute atomic E-state index is 0.262. The molecule has 1 N–H and O–H groups in total. The molecule has 0 fully saturated rings. The van der Waals surface area contributed by atoms with Gasteiger partial charge < -0.3 is 19.9 Å². The lowest BCUT2D eigenvalue weighted by Gasteiger charge is -2.19. The number of benzene rings is 2. The van der Waals surface area contributed by atoms with E-state index in [2.05, 4.69) is 88.5 Å². The number of carbonyl (C=O) groups excluding carboxylic acids is 1. The molecule has 1 heterocycles. The fraction of sp³-hybridized carbons (Fsp3) is 0.419. The zero-order valence-corrected chi connectivity index (χ0v) is 25.1. The number of unbranched alkanes of at least 4 members (excludes halogenated alkanes) is 1. The maximum atomic E-state index is 11.7. The number of likely N-dealkylation sites (N-methyl/N-ethyl adjacent to an activating group) is 1. The third-order valence-electron chi connectivity index (χ3n) is 5.93. The Kier molecular flexibility index (Phi) is 14.7. The van der Waals surface area contributed by atoms with Gasteiger partial charge >= 0.3 is 5.97 Å². The van der Waals surface area contributed by atoms with E-state index in [1.54, 1.807) is 12.1 Å². The summed E-state index contributed by atoms with van der Waals surface area (Å²) in [5.74, 6) is 0.0960. The van der Waals surface area contributed by atoms with Crippen LogP contribution in [-0.4, -0.2) is 75.2 Å². The van der Waals surface area contributed by atoms with Crippen LogP contribution in [0.4, 0.5) is 5.69 Å². The number of nitrogens with zero attached hydrogens (tertiary/aromatic N) is 3. The van der Waals surface area contributed by atoms with E-state index >= 15 is 0 Å². The van der Waals surface area contributed by atoms with Crippen molar-refractivity contribution in [2.24, 2.45) is 0 Å². The first-order chi connectivity index (χ1) is 18.3. The fourth-order valence-corrected chi connectivity index (χ4v) is 3.95. The van der Waals surface area contributed by atoms with Crippen molar-refractivity contribution in [3.8, 4) is 0 Å². The highest BCUT2D eigenvalue weighted by Crippen LogP contribution is 2.27. The van der Waals surface area contributed by atoms with Crippen LogP contribution < -0.4 is 5.32 Å². The van der Waals surface area contributed by atoms with Crippen molar-refractivity contribution in [1.29, 1.82) is 0 Å². The smallest absolute Gasteiger partial charge is 0.338 e. The topological polar surface area (TPSA) is 57.7 Å². The minimum atomic E-state index is -0.262. The number of halogens is 1. The SMILES string of the molecule is CCCCNc1ccc(C(=O)OCCN(C)C)cc1.CN(C)CCC(c1ccc(Br)cc1)c1ccccn1. The average Bonchev–Trinajstić information content (AvgIpc) is 2.91. The van der Waals surface area contributed by atoms with Gasteiger partial charge in [0.25, 0.3) is 0 Å². The Morgan fingerprint density at radius 1 is 0.947 bits per heavy atom. The van der Waals surface area contributed by atoms with Crippen molar-refractivity contribution in [2.75, 3.05) is 59.7 Å². The summed E-state index contributed by atoms with van der Waals surface area (Å²) in [6.07, 6.45) is 5.26. The quantitative estimate of drug-likeness (QED) is 0.182. The highest BCUT2D eigenvalue weighted by molar-refractivity contribution is 9.10. The highest BCUT2D eigenvalue weighted by Gasteiger charge is 2.15. The Labute approximate surface area is 237 Å². The molecule has 0 saturated carbocycles. The van der Waals surface area contributed by atoms with E-state index in [0.29, 0.717) is 18.1 Å². The number of esters is 1. The van der Waals surface area contributed by atoms with Crippen molar-refractivity contribution >= 4 is 27.6 Å². The molecule has 1 atom stereocenters. The Balaban J connectivity index is 0.000000267. The molecule has 0 aliphatic rings. The molecule has 3 rings (SSSR count). The third-order valence-corrected chi connectivity index (χ3v) is 6.46. The molecule has 0 bridgehead atoms. The molecule has 7 heteroatoms. The predicted octanol–water partition coefficient (Wildman–Crippen LogP) is 6.54. The maximum Gasteiger partial charge on any atom is 0.338 e. The number of aromatic nitrogens is 1. The first-order valence-corrected chi connectivity index (χ1v) is 14.1. The lowest BCUT2D eigenvalue weighted by atomic mass is 9.92. The molecular formula is C31H43BrN4O2. The van der Waals surface area contributed by atoms with Gasteiger partial charge in [-0.1, -0.05) is 47.5 Å². The predicted molar refractivity (Wildman–Crippen MR) is 162 cm³/mol. The van der Waals surface area contributed by atoms with Gasteiger partial charge in [0.05, 0.1) is 5.56 Å². The van der Waals surface area contributed by atoms with Gasteiger partial charge in [0, 0.05) is 41.1 Å². The summed E-state index contributed by atoms with van der Waals surface area (Å²) in [6.45, 7) is 5.33. The van der Waals surface area contributed by atoms with Crippen LogP contribution in [0.5, 0.6) is 0 Å². The maximum absolute atomic E-state index is 11.7. The lowest BCUT2D eigenvalue weighted by molar-refractivity contribution is 0.0482. The lowest BCUT2D eigenvalue weighted by Crippen LogP contribution is -2.20. The van der Waals surface area contributed by atoms with Crippen LogP contribution in [0.3, 0.4) is 0 Å². The van der Waals surface area contributed by atoms with E-state index in [-0.39, 0.29) is 5.97 Å². The van der Waals surface area contributed by atoms with Gasteiger partial charge in [-0.3, -0.25) is 4.98 Å². The standard InChI is InChI=1S/C16H19BrN2.C15H24N2O2/c1-19(2)12-10-15(16-5-3-4-11-18-16)13-6-8-14(17)9-7-13;1-4-5-10-16-14-8-6-13(7-9-14)15(18)19-12-11-17(2)3/h3-9,11,15H,10,12H2,1-2H3;6-9,16H,4-5,10-12H2,1-3H3. The molecule has 0 aliphatic heterocycles. The largest absolute Gasteiger partial charge is 0.461 e. The molecule has 6 nitrogen and oxygen atoms in total. The summed E-state index contributed by atoms with van der Waals surface area (Å²) in [7, 11) is 8.11. The zero-order valence-electron chi connectivity index (χ0n) is 23.5. The number of nitrogens with one attached hydrogen (secondary N) is 1. The number of hydrogen-bond donors (Lipinski definition) is 1. The third kappa shape index (κ3) is 12.2. The summed E-state index contributed by atoms with van der Waals surface area (Å²) in [5, 5.41) is 3.31. The van der Waals surface area contributed by atoms with Crippen LogP contribution in [0, 0.1) is 0 Å². The van der Waals surface area contributed by atoms with Crippen molar-refractivity contribution in [3.63, 3.8) is 0 Å². The van der Waals surface area contributed by atoms with Crippen LogP contribution in [0.1, 0.15) is 53.7 Å². The number of carbonyl (C=O) groups is 1. The molecule has 0 radical (unpaired) electrons. The van der Waals surface area contributed by atoms with Crippen LogP contribution in [0.2, 0.25) is 0 Å². The Morgan fingerprint density at radius 3 is 2.21 bits per heavy atom. The first-order valence-electron chi connectivity index (χ1n) is 13.3. The van der Waals surface area contributed by atoms with Gasteiger partial charge in [0.15, 0.2) is 0 Å². The van der Waals surface area contributed by atoms with Gasteiger partial charge in [0.1, 0.15) is 6.61 Å². The molecule has 0 saturated heterocycles. The van der Waals surface area contributed by atoms with Crippen LogP contribution in [0.25, 0.3) is 0 Å². The Morgan fingerprint density at radius 2 is 1.63 bits per heavy atom. The van der Waals surface area contributed by atoms with Gasteiger partial charge in [-0.05, 0) is 102 Å². The molecule has 38 heavy (non-hydrogen) atoms. The van der Waals surface area contributed by atoms with Gasteiger partial charge in [-0.2, -0.15) is 0 Å². The number of pyridine rings is 1. The van der Waals surface area contributed by atoms with Crippen LogP contribution in [-0.2, 0) is 4.74 Å². The minimum Gasteiger partial charge on any atom is -0.461 e. The normalized spacial score (nSPS) is 11.6. The molecule has 0 aliphatic carbocycles. The molecule has 206 valence electrons. The monoisotopic (exact) mass is 582 g/mol. The summed E-state index contributed by atoms with van der Waals surface area (Å²) in [4.78, 5) is 20.5. The van der Waals surface area contributed by atoms with E-state index in [4.69, 9.17) is 4.74 Å². The summed E-state index contributed by atoms with van der Waals surface area (Å²) < 4.78 is 6.29. The number of anilines is 1. The second-order valence-corrected chi connectivity index (χ2v) is 10.7. The molecule has 2 aromatic carbocycles. The van der Waals surface area contributed by atoms with Gasteiger partial charge in [0.2, 0.25) is 0 Å². The Bertz CT molecular complexity index is 1040. The number of ether oxygens (including phenoxy) is 1. The zero-order chi connectivity index (χ0) is 27.8. The van der Waals surface area contributed by atoms with E-state index < -0.39 is 0 Å². The van der Waals surface area contributed by atoms with Crippen molar-refractivity contribution in [2.45, 2.75) is 32.1 Å². The van der Waals surface area contributed by atoms with E-state index in [9.17, 15) is 4.79 Å². The molecular weight excluding hydrogens is 540 g/mol. The van der Waals surface area contributed by atoms with Crippen molar-refractivity contribution in [1.82, 2.24) is 14.8 Å². The summed E-state index contributed by atoms with van der Waals surface area (Å²) in [6, 6.07) is 22.1. The second-order valence-electron chi connectivity index (χ2n) is 9.75. The van der Waals surface area contributed by atoms with Gasteiger partial charge in [-0.15, -0.1) is 0 Å². The highest BCUT2D eigenvalue weighted by atomic mass is 79.9.